The minimum atomic E-state index is -3.89. The van der Waals surface area contributed by atoms with Gasteiger partial charge in [0.15, 0.2) is 0 Å². The number of rotatable bonds is 9. The summed E-state index contributed by atoms with van der Waals surface area (Å²) in [5, 5.41) is 14.0. The average Bonchev–Trinajstić information content (AvgIpc) is 2.70. The zero-order valence-electron chi connectivity index (χ0n) is 18.2. The van der Waals surface area contributed by atoms with E-state index in [1.165, 1.54) is 25.1 Å². The molecule has 31 heavy (non-hydrogen) atoms. The molecule has 0 aliphatic heterocycles. The molecule has 2 aromatic rings. The molecule has 10 heteroatoms. The van der Waals surface area contributed by atoms with E-state index in [-0.39, 0.29) is 17.4 Å². The number of hydrogen-bond acceptors (Lipinski definition) is 6. The van der Waals surface area contributed by atoms with Crippen LogP contribution in [0, 0.1) is 17.0 Å². The predicted octanol–water partition coefficient (Wildman–Crippen LogP) is 3.33. The topological polar surface area (TPSA) is 119 Å². The molecule has 0 spiro atoms. The lowest BCUT2D eigenvalue weighted by Crippen LogP contribution is -2.48. The number of methoxy groups -OCH3 is 1. The molecular formula is C21H27N3O6S. The summed E-state index contributed by atoms with van der Waals surface area (Å²) >= 11 is 0. The Kier molecular flexibility index (Phi) is 7.61. The summed E-state index contributed by atoms with van der Waals surface area (Å²) in [5.41, 5.74) is 1.56. The SMILES string of the molecule is CCC(NC(=O)C(C)N(c1cccc([N+](=O)[O-])c1)S(C)(=O)=O)c1ccc(OC)c(C)c1. The third-order valence-electron chi connectivity index (χ3n) is 4.93. The number of nitro groups is 1. The van der Waals surface area contributed by atoms with Crippen molar-refractivity contribution >= 4 is 27.3 Å². The highest BCUT2D eigenvalue weighted by Crippen LogP contribution is 2.27. The number of carbonyl (C=O) groups excluding carboxylic acids is 1. The summed E-state index contributed by atoms with van der Waals surface area (Å²) in [7, 11) is -2.31. The van der Waals surface area contributed by atoms with Gasteiger partial charge in [-0.15, -0.1) is 0 Å². The maximum absolute atomic E-state index is 13.0. The van der Waals surface area contributed by atoms with Crippen LogP contribution in [0.3, 0.4) is 0 Å². The third kappa shape index (κ3) is 5.72. The van der Waals surface area contributed by atoms with Gasteiger partial charge in [0.2, 0.25) is 15.9 Å². The van der Waals surface area contributed by atoms with Crippen molar-refractivity contribution in [3.63, 3.8) is 0 Å². The Morgan fingerprint density at radius 2 is 1.94 bits per heavy atom. The number of carbonyl (C=O) groups is 1. The van der Waals surface area contributed by atoms with Gasteiger partial charge in [0.05, 0.1) is 30.0 Å². The molecule has 2 aromatic carbocycles. The minimum absolute atomic E-state index is 0.0488. The first kappa shape index (κ1) is 24.1. The second kappa shape index (κ2) is 9.78. The number of anilines is 1. The Morgan fingerprint density at radius 1 is 1.26 bits per heavy atom. The lowest BCUT2D eigenvalue weighted by atomic mass is 10.0. The standard InChI is InChI=1S/C21H27N3O6S/c1-6-19(16-10-11-20(30-4)14(2)12-16)22-21(25)15(3)23(31(5,28)29)17-8-7-9-18(13-17)24(26)27/h7-13,15,19H,6H2,1-5H3,(H,22,25). The molecule has 1 amide bonds. The van der Waals surface area contributed by atoms with Crippen molar-refractivity contribution in [2.75, 3.05) is 17.7 Å². The third-order valence-corrected chi connectivity index (χ3v) is 6.17. The first-order valence-corrected chi connectivity index (χ1v) is 11.5. The van der Waals surface area contributed by atoms with E-state index in [9.17, 15) is 23.3 Å². The predicted molar refractivity (Wildman–Crippen MR) is 119 cm³/mol. The summed E-state index contributed by atoms with van der Waals surface area (Å²) in [6.07, 6.45) is 1.54. The molecule has 0 saturated carbocycles. The van der Waals surface area contributed by atoms with E-state index in [1.807, 2.05) is 32.0 Å². The molecule has 2 atom stereocenters. The maximum atomic E-state index is 13.0. The highest BCUT2D eigenvalue weighted by molar-refractivity contribution is 7.92. The van der Waals surface area contributed by atoms with Gasteiger partial charge in [-0.05, 0) is 43.5 Å². The molecule has 0 fully saturated rings. The minimum Gasteiger partial charge on any atom is -0.496 e. The number of aryl methyl sites for hydroxylation is 1. The van der Waals surface area contributed by atoms with E-state index in [2.05, 4.69) is 5.32 Å². The molecule has 9 nitrogen and oxygen atoms in total. The number of sulfonamides is 1. The second-order valence-electron chi connectivity index (χ2n) is 7.21. The number of nitrogens with zero attached hydrogens (tertiary/aromatic N) is 2. The Hall–Kier alpha value is -3.14. The molecule has 0 aliphatic rings. The molecule has 0 aromatic heterocycles. The van der Waals surface area contributed by atoms with Crippen LogP contribution in [0.15, 0.2) is 42.5 Å². The van der Waals surface area contributed by atoms with Crippen LogP contribution in [0.1, 0.15) is 37.4 Å². The second-order valence-corrected chi connectivity index (χ2v) is 9.07. The van der Waals surface area contributed by atoms with Gasteiger partial charge >= 0.3 is 0 Å². The van der Waals surface area contributed by atoms with Crippen LogP contribution in [0.4, 0.5) is 11.4 Å². The zero-order chi connectivity index (χ0) is 23.3. The fourth-order valence-corrected chi connectivity index (χ4v) is 4.55. The quantitative estimate of drug-likeness (QED) is 0.463. The average molecular weight is 450 g/mol. The maximum Gasteiger partial charge on any atom is 0.271 e. The first-order chi connectivity index (χ1) is 14.5. The Bertz CT molecular complexity index is 1070. The van der Waals surface area contributed by atoms with Crippen LogP contribution < -0.4 is 14.4 Å². The molecule has 0 radical (unpaired) electrons. The van der Waals surface area contributed by atoms with Crippen molar-refractivity contribution in [1.29, 1.82) is 0 Å². The van der Waals surface area contributed by atoms with Crippen molar-refractivity contribution in [2.24, 2.45) is 0 Å². The molecule has 2 rings (SSSR count). The van der Waals surface area contributed by atoms with Crippen LogP contribution in [0.2, 0.25) is 0 Å². The number of nitrogens with one attached hydrogen (secondary N) is 1. The van der Waals surface area contributed by atoms with E-state index in [0.29, 0.717) is 6.42 Å². The molecule has 0 aliphatic carbocycles. The Balaban J connectivity index is 2.33. The summed E-state index contributed by atoms with van der Waals surface area (Å²) < 4.78 is 31.1. The fraction of sp³-hybridized carbons (Fsp3) is 0.381. The van der Waals surface area contributed by atoms with Gasteiger partial charge in [-0.3, -0.25) is 19.2 Å². The van der Waals surface area contributed by atoms with Gasteiger partial charge in [0.25, 0.3) is 5.69 Å². The number of amides is 1. The van der Waals surface area contributed by atoms with Crippen molar-refractivity contribution in [3.8, 4) is 5.75 Å². The van der Waals surface area contributed by atoms with E-state index >= 15 is 0 Å². The van der Waals surface area contributed by atoms with Crippen LogP contribution in [-0.2, 0) is 14.8 Å². The van der Waals surface area contributed by atoms with Crippen LogP contribution >= 0.6 is 0 Å². The van der Waals surface area contributed by atoms with Gasteiger partial charge < -0.3 is 10.1 Å². The largest absolute Gasteiger partial charge is 0.496 e. The Labute approximate surface area is 182 Å². The molecule has 1 N–H and O–H groups in total. The van der Waals surface area contributed by atoms with Crippen molar-refractivity contribution in [1.82, 2.24) is 5.32 Å². The number of hydrogen-bond donors (Lipinski definition) is 1. The van der Waals surface area contributed by atoms with Crippen molar-refractivity contribution in [2.45, 2.75) is 39.3 Å². The monoisotopic (exact) mass is 449 g/mol. The molecule has 2 unspecified atom stereocenters. The molecule has 0 bridgehead atoms. The van der Waals surface area contributed by atoms with Gasteiger partial charge in [-0.2, -0.15) is 0 Å². The molecule has 0 saturated heterocycles. The van der Waals surface area contributed by atoms with Crippen LogP contribution in [-0.4, -0.2) is 38.7 Å². The van der Waals surface area contributed by atoms with E-state index < -0.39 is 26.9 Å². The lowest BCUT2D eigenvalue weighted by molar-refractivity contribution is -0.384. The summed E-state index contributed by atoms with van der Waals surface area (Å²) in [6.45, 7) is 5.25. The summed E-state index contributed by atoms with van der Waals surface area (Å²) in [5.74, 6) is 0.212. The highest BCUT2D eigenvalue weighted by atomic mass is 32.2. The van der Waals surface area contributed by atoms with Crippen LogP contribution in [0.5, 0.6) is 5.75 Å². The lowest BCUT2D eigenvalue weighted by Gasteiger charge is -2.29. The fourth-order valence-electron chi connectivity index (χ4n) is 3.38. The molecular weight excluding hydrogens is 422 g/mol. The number of nitro benzene ring substituents is 1. The van der Waals surface area contributed by atoms with Crippen molar-refractivity contribution < 1.29 is 22.9 Å². The van der Waals surface area contributed by atoms with Gasteiger partial charge in [0, 0.05) is 12.1 Å². The molecule has 168 valence electrons. The van der Waals surface area contributed by atoms with Gasteiger partial charge in [-0.1, -0.05) is 25.1 Å². The van der Waals surface area contributed by atoms with E-state index in [0.717, 1.165) is 33.5 Å². The summed E-state index contributed by atoms with van der Waals surface area (Å²) in [6, 6.07) is 9.30. The van der Waals surface area contributed by atoms with Gasteiger partial charge in [0.1, 0.15) is 11.8 Å². The highest BCUT2D eigenvalue weighted by Gasteiger charge is 2.31. The zero-order valence-corrected chi connectivity index (χ0v) is 19.0. The van der Waals surface area contributed by atoms with Crippen LogP contribution in [0.25, 0.3) is 0 Å². The van der Waals surface area contributed by atoms with E-state index in [4.69, 9.17) is 4.74 Å². The van der Waals surface area contributed by atoms with Crippen molar-refractivity contribution in [3.05, 3.63) is 63.7 Å². The number of non-ortho nitro benzene ring substituents is 1. The number of benzene rings is 2. The smallest absolute Gasteiger partial charge is 0.271 e. The number of ether oxygens (including phenoxy) is 1. The molecule has 0 heterocycles. The van der Waals surface area contributed by atoms with E-state index in [1.54, 1.807) is 7.11 Å². The normalized spacial score (nSPS) is 13.2. The Morgan fingerprint density at radius 3 is 2.45 bits per heavy atom. The summed E-state index contributed by atoms with van der Waals surface area (Å²) in [4.78, 5) is 23.5. The van der Waals surface area contributed by atoms with Gasteiger partial charge in [-0.25, -0.2) is 8.42 Å². The first-order valence-electron chi connectivity index (χ1n) is 9.68.